The van der Waals surface area contributed by atoms with Crippen molar-refractivity contribution in [3.63, 3.8) is 0 Å². The lowest BCUT2D eigenvalue weighted by atomic mass is 10.2. The fourth-order valence-corrected chi connectivity index (χ4v) is 2.41. The largest absolute Gasteiger partial charge is 0.387 e. The second-order valence-corrected chi connectivity index (χ2v) is 4.67. The van der Waals surface area contributed by atoms with Gasteiger partial charge < -0.3 is 19.3 Å². The first-order valence-corrected chi connectivity index (χ1v) is 5.81. The van der Waals surface area contributed by atoms with Crippen LogP contribution in [0.25, 0.3) is 0 Å². The van der Waals surface area contributed by atoms with Crippen LogP contribution in [-0.2, 0) is 14.2 Å². The quantitative estimate of drug-likeness (QED) is 0.571. The first-order chi connectivity index (χ1) is 6.03. The van der Waals surface area contributed by atoms with Gasteiger partial charge in [-0.3, -0.25) is 0 Å². The number of fused-ring (bicyclic) bond motifs is 1. The van der Waals surface area contributed by atoms with E-state index in [9.17, 15) is 5.11 Å². The molecular formula is C8H13IO4. The van der Waals surface area contributed by atoms with Gasteiger partial charge in [-0.1, -0.05) is 22.6 Å². The van der Waals surface area contributed by atoms with Crippen molar-refractivity contribution in [2.45, 2.75) is 44.2 Å². The zero-order chi connectivity index (χ0) is 9.64. The van der Waals surface area contributed by atoms with Crippen LogP contribution in [0.15, 0.2) is 0 Å². The fraction of sp³-hybridized carbons (Fsp3) is 1.00. The van der Waals surface area contributed by atoms with Crippen molar-refractivity contribution >= 4 is 22.6 Å². The zero-order valence-corrected chi connectivity index (χ0v) is 9.72. The van der Waals surface area contributed by atoms with E-state index in [-0.39, 0.29) is 12.2 Å². The Hall–Kier alpha value is 0.570. The lowest BCUT2D eigenvalue weighted by Gasteiger charge is -2.21. The molecule has 4 atom stereocenters. The van der Waals surface area contributed by atoms with Crippen LogP contribution in [0.5, 0.6) is 0 Å². The van der Waals surface area contributed by atoms with Crippen LogP contribution in [0, 0.1) is 0 Å². The van der Waals surface area contributed by atoms with Gasteiger partial charge in [0, 0.05) is 4.43 Å². The summed E-state index contributed by atoms with van der Waals surface area (Å²) >= 11 is 2.18. The van der Waals surface area contributed by atoms with E-state index in [1.54, 1.807) is 0 Å². The van der Waals surface area contributed by atoms with Gasteiger partial charge in [0.15, 0.2) is 12.1 Å². The minimum Gasteiger partial charge on any atom is -0.387 e. The SMILES string of the molecule is CC1(C)OC2[C@H](O[C@H](CI)[C@@H]2O)O1. The Morgan fingerprint density at radius 1 is 1.38 bits per heavy atom. The Labute approximate surface area is 90.7 Å². The summed E-state index contributed by atoms with van der Waals surface area (Å²) in [5.41, 5.74) is 0. The maximum Gasteiger partial charge on any atom is 0.190 e. The second kappa shape index (κ2) is 3.30. The number of halogens is 1. The van der Waals surface area contributed by atoms with E-state index in [0.717, 1.165) is 4.43 Å². The highest BCUT2D eigenvalue weighted by atomic mass is 127. The molecule has 0 radical (unpaired) electrons. The van der Waals surface area contributed by atoms with Gasteiger partial charge in [0.25, 0.3) is 0 Å². The van der Waals surface area contributed by atoms with Crippen molar-refractivity contribution in [1.29, 1.82) is 0 Å². The molecule has 0 aromatic rings. The summed E-state index contributed by atoms with van der Waals surface area (Å²) in [6.07, 6.45) is -1.45. The molecule has 0 aromatic carbocycles. The summed E-state index contributed by atoms with van der Waals surface area (Å²) in [7, 11) is 0. The molecule has 2 rings (SSSR count). The third kappa shape index (κ3) is 1.72. The Balaban J connectivity index is 2.07. The highest BCUT2D eigenvalue weighted by Crippen LogP contribution is 2.37. The van der Waals surface area contributed by atoms with Crippen LogP contribution in [0.1, 0.15) is 13.8 Å². The topological polar surface area (TPSA) is 47.9 Å². The van der Waals surface area contributed by atoms with E-state index < -0.39 is 18.2 Å². The molecule has 0 saturated carbocycles. The summed E-state index contributed by atoms with van der Waals surface area (Å²) in [6.45, 7) is 3.64. The predicted octanol–water partition coefficient (Wildman–Crippen LogP) is 0.659. The molecule has 0 aliphatic carbocycles. The molecule has 13 heavy (non-hydrogen) atoms. The summed E-state index contributed by atoms with van der Waals surface area (Å²) in [5.74, 6) is -0.632. The van der Waals surface area contributed by atoms with Crippen LogP contribution >= 0.6 is 22.6 Å². The third-order valence-corrected chi connectivity index (χ3v) is 3.13. The summed E-state index contributed by atoms with van der Waals surface area (Å²) < 4.78 is 17.2. The van der Waals surface area contributed by atoms with Crippen molar-refractivity contribution in [3.8, 4) is 0 Å². The molecule has 2 fully saturated rings. The lowest BCUT2D eigenvalue weighted by molar-refractivity contribution is -0.211. The second-order valence-electron chi connectivity index (χ2n) is 3.79. The maximum absolute atomic E-state index is 9.76. The van der Waals surface area contributed by atoms with Crippen LogP contribution in [0.4, 0.5) is 0 Å². The van der Waals surface area contributed by atoms with Crippen molar-refractivity contribution in [2.24, 2.45) is 0 Å². The minimum atomic E-state index is -0.632. The average molecular weight is 300 g/mol. The van der Waals surface area contributed by atoms with Gasteiger partial charge in [0.05, 0.1) is 6.10 Å². The number of aliphatic hydroxyl groups excluding tert-OH is 1. The molecule has 0 spiro atoms. The number of alkyl halides is 1. The van der Waals surface area contributed by atoms with Gasteiger partial charge in [-0.15, -0.1) is 0 Å². The monoisotopic (exact) mass is 300 g/mol. The highest BCUT2D eigenvalue weighted by molar-refractivity contribution is 14.1. The van der Waals surface area contributed by atoms with Crippen LogP contribution in [0.3, 0.4) is 0 Å². The van der Waals surface area contributed by atoms with E-state index in [4.69, 9.17) is 14.2 Å². The van der Waals surface area contributed by atoms with E-state index in [2.05, 4.69) is 22.6 Å². The smallest absolute Gasteiger partial charge is 0.190 e. The fourth-order valence-electron chi connectivity index (χ4n) is 1.69. The number of hydrogen-bond acceptors (Lipinski definition) is 4. The lowest BCUT2D eigenvalue weighted by Crippen LogP contribution is -2.35. The van der Waals surface area contributed by atoms with Crippen molar-refractivity contribution < 1.29 is 19.3 Å². The Kier molecular flexibility index (Phi) is 2.57. The number of hydrogen-bond donors (Lipinski definition) is 1. The zero-order valence-electron chi connectivity index (χ0n) is 7.57. The molecule has 76 valence electrons. The molecule has 2 aliphatic rings. The normalized spacial score (nSPS) is 48.0. The molecule has 1 unspecified atom stereocenters. The van der Waals surface area contributed by atoms with E-state index >= 15 is 0 Å². The first kappa shape index (κ1) is 10.1. The van der Waals surface area contributed by atoms with Crippen LogP contribution < -0.4 is 0 Å². The van der Waals surface area contributed by atoms with Gasteiger partial charge in [-0.2, -0.15) is 0 Å². The standard InChI is InChI=1S/C8H13IO4/c1-8(2)12-6-5(10)4(3-9)11-7(6)13-8/h4-7,10H,3H2,1-2H3/t4-,5+,6?,7-/m1/s1. The Bertz CT molecular complexity index is 208. The van der Waals surface area contributed by atoms with Gasteiger partial charge in [-0.05, 0) is 13.8 Å². The van der Waals surface area contributed by atoms with Crippen LogP contribution in [0.2, 0.25) is 0 Å². The van der Waals surface area contributed by atoms with Gasteiger partial charge in [0.1, 0.15) is 12.2 Å². The van der Waals surface area contributed by atoms with Gasteiger partial charge in [0.2, 0.25) is 0 Å². The molecule has 0 aromatic heterocycles. The first-order valence-electron chi connectivity index (χ1n) is 4.28. The maximum atomic E-state index is 9.76. The summed E-state index contributed by atoms with van der Waals surface area (Å²) in [4.78, 5) is 0. The molecule has 4 nitrogen and oxygen atoms in total. The van der Waals surface area contributed by atoms with Crippen molar-refractivity contribution in [3.05, 3.63) is 0 Å². The summed E-state index contributed by atoms with van der Waals surface area (Å²) in [6, 6.07) is 0. The third-order valence-electron chi connectivity index (χ3n) is 2.27. The Morgan fingerprint density at radius 3 is 2.62 bits per heavy atom. The van der Waals surface area contributed by atoms with Gasteiger partial charge in [-0.25, -0.2) is 0 Å². The van der Waals surface area contributed by atoms with Crippen molar-refractivity contribution in [1.82, 2.24) is 0 Å². The molecular weight excluding hydrogens is 287 g/mol. The molecule has 2 aliphatic heterocycles. The molecule has 2 saturated heterocycles. The highest BCUT2D eigenvalue weighted by Gasteiger charge is 2.53. The van der Waals surface area contributed by atoms with E-state index in [1.807, 2.05) is 13.8 Å². The number of aliphatic hydroxyl groups is 1. The molecule has 1 N–H and O–H groups in total. The minimum absolute atomic E-state index is 0.160. The Morgan fingerprint density at radius 2 is 2.08 bits per heavy atom. The molecule has 2 heterocycles. The average Bonchev–Trinajstić information content (AvgIpc) is 2.47. The summed E-state index contributed by atoms with van der Waals surface area (Å²) in [5, 5.41) is 9.76. The van der Waals surface area contributed by atoms with Crippen molar-refractivity contribution in [2.75, 3.05) is 4.43 Å². The van der Waals surface area contributed by atoms with E-state index in [1.165, 1.54) is 0 Å². The predicted molar refractivity (Wildman–Crippen MR) is 53.6 cm³/mol. The van der Waals surface area contributed by atoms with Gasteiger partial charge >= 0.3 is 0 Å². The van der Waals surface area contributed by atoms with Crippen LogP contribution in [-0.4, -0.2) is 39.9 Å². The number of rotatable bonds is 1. The molecule has 0 bridgehead atoms. The van der Waals surface area contributed by atoms with E-state index in [0.29, 0.717) is 0 Å². The number of ether oxygens (including phenoxy) is 3. The molecule has 0 amide bonds. The molecule has 5 heteroatoms.